The molecule has 6 heteroatoms. The second kappa shape index (κ2) is 4.22. The maximum atomic E-state index is 5.49. The third kappa shape index (κ3) is 2.21. The minimum absolute atomic E-state index is 0.595. The molecule has 2 rings (SSSR count). The summed E-state index contributed by atoms with van der Waals surface area (Å²) in [4.78, 5) is 4.14. The van der Waals surface area contributed by atoms with Crippen LogP contribution in [0, 0.1) is 6.92 Å². The van der Waals surface area contributed by atoms with E-state index in [-0.39, 0.29) is 0 Å². The highest BCUT2D eigenvalue weighted by Gasteiger charge is 2.09. The van der Waals surface area contributed by atoms with Crippen LogP contribution in [0.25, 0.3) is 0 Å². The topological polar surface area (TPSA) is 93.6 Å². The van der Waals surface area contributed by atoms with Gasteiger partial charge < -0.3 is 10.3 Å². The highest BCUT2D eigenvalue weighted by Crippen LogP contribution is 2.10. The first-order valence-corrected chi connectivity index (χ1v) is 4.80. The highest BCUT2D eigenvalue weighted by atomic mass is 16.5. The molecule has 0 spiro atoms. The molecule has 3 N–H and O–H groups in total. The number of nitrogens with one attached hydrogen (secondary N) is 1. The molecule has 0 atom stereocenters. The Morgan fingerprint density at radius 2 is 2.40 bits per heavy atom. The molecule has 0 saturated heterocycles. The van der Waals surface area contributed by atoms with E-state index in [2.05, 4.69) is 20.3 Å². The standard InChI is InChI=1S/C9H13N5O/c1-6-12-9(15-14-6)4-7-5-11-13-8(7)2-3-10/h5H,2-4,10H2,1H3,(H,11,13). The largest absolute Gasteiger partial charge is 0.339 e. The van der Waals surface area contributed by atoms with Gasteiger partial charge in [0.05, 0.1) is 12.6 Å². The Hall–Kier alpha value is -1.69. The number of aromatic nitrogens is 4. The Bertz CT molecular complexity index is 433. The van der Waals surface area contributed by atoms with Crippen LogP contribution in [0.5, 0.6) is 0 Å². The van der Waals surface area contributed by atoms with Crippen molar-refractivity contribution < 1.29 is 4.52 Å². The van der Waals surface area contributed by atoms with Gasteiger partial charge in [-0.1, -0.05) is 5.16 Å². The minimum atomic E-state index is 0.595. The molecule has 6 nitrogen and oxygen atoms in total. The molecule has 0 bridgehead atoms. The molecule has 2 aromatic heterocycles. The number of hydrogen-bond acceptors (Lipinski definition) is 5. The van der Waals surface area contributed by atoms with Crippen LogP contribution in [0.3, 0.4) is 0 Å². The number of nitrogens with two attached hydrogens (primary N) is 1. The van der Waals surface area contributed by atoms with Gasteiger partial charge in [-0.05, 0) is 13.5 Å². The van der Waals surface area contributed by atoms with E-state index in [0.717, 1.165) is 17.7 Å². The minimum Gasteiger partial charge on any atom is -0.339 e. The molecule has 0 amide bonds. The van der Waals surface area contributed by atoms with Gasteiger partial charge in [-0.3, -0.25) is 5.10 Å². The number of H-pyrrole nitrogens is 1. The predicted octanol–water partition coefficient (Wildman–Crippen LogP) is 0.193. The zero-order valence-corrected chi connectivity index (χ0v) is 8.53. The number of aryl methyl sites for hydroxylation is 1. The Morgan fingerprint density at radius 1 is 1.53 bits per heavy atom. The normalized spacial score (nSPS) is 10.8. The van der Waals surface area contributed by atoms with Crippen molar-refractivity contribution in [3.8, 4) is 0 Å². The molecule has 2 heterocycles. The second-order valence-electron chi connectivity index (χ2n) is 3.32. The quantitative estimate of drug-likeness (QED) is 0.746. The highest BCUT2D eigenvalue weighted by molar-refractivity contribution is 5.20. The summed E-state index contributed by atoms with van der Waals surface area (Å²) in [7, 11) is 0. The van der Waals surface area contributed by atoms with Crippen molar-refractivity contribution in [2.75, 3.05) is 6.54 Å². The smallest absolute Gasteiger partial charge is 0.231 e. The monoisotopic (exact) mass is 207 g/mol. The lowest BCUT2D eigenvalue weighted by molar-refractivity contribution is 0.381. The molecular formula is C9H13N5O. The Balaban J connectivity index is 2.13. The predicted molar refractivity (Wildman–Crippen MR) is 53.2 cm³/mol. The van der Waals surface area contributed by atoms with Crippen molar-refractivity contribution in [3.63, 3.8) is 0 Å². The van der Waals surface area contributed by atoms with Crippen molar-refractivity contribution in [2.24, 2.45) is 5.73 Å². The fourth-order valence-corrected chi connectivity index (χ4v) is 1.43. The Labute approximate surface area is 86.9 Å². The van der Waals surface area contributed by atoms with Crippen LogP contribution in [0.15, 0.2) is 10.7 Å². The van der Waals surface area contributed by atoms with Gasteiger partial charge in [0.2, 0.25) is 5.89 Å². The number of nitrogens with zero attached hydrogens (tertiary/aromatic N) is 3. The van der Waals surface area contributed by atoms with E-state index >= 15 is 0 Å². The SMILES string of the molecule is Cc1noc(Cc2cn[nH]c2CCN)n1. The van der Waals surface area contributed by atoms with Gasteiger partial charge in [0.25, 0.3) is 0 Å². The van der Waals surface area contributed by atoms with Gasteiger partial charge in [0, 0.05) is 17.7 Å². The van der Waals surface area contributed by atoms with Crippen LogP contribution in [0.2, 0.25) is 0 Å². The van der Waals surface area contributed by atoms with E-state index < -0.39 is 0 Å². The molecule has 0 fully saturated rings. The van der Waals surface area contributed by atoms with E-state index in [1.807, 2.05) is 0 Å². The van der Waals surface area contributed by atoms with Crippen molar-refractivity contribution in [2.45, 2.75) is 19.8 Å². The van der Waals surface area contributed by atoms with E-state index in [9.17, 15) is 0 Å². The third-order valence-electron chi connectivity index (χ3n) is 2.11. The van der Waals surface area contributed by atoms with Crippen LogP contribution >= 0.6 is 0 Å². The average molecular weight is 207 g/mol. The number of aromatic amines is 1. The van der Waals surface area contributed by atoms with Crippen LogP contribution in [0.4, 0.5) is 0 Å². The van der Waals surface area contributed by atoms with Gasteiger partial charge in [-0.15, -0.1) is 0 Å². The molecule has 0 saturated carbocycles. The zero-order valence-electron chi connectivity index (χ0n) is 8.53. The molecular weight excluding hydrogens is 194 g/mol. The lowest BCUT2D eigenvalue weighted by Crippen LogP contribution is -2.05. The van der Waals surface area contributed by atoms with Crippen LogP contribution in [-0.2, 0) is 12.8 Å². The van der Waals surface area contributed by atoms with Gasteiger partial charge in [0.15, 0.2) is 5.82 Å². The lowest BCUT2D eigenvalue weighted by Gasteiger charge is -1.97. The summed E-state index contributed by atoms with van der Waals surface area (Å²) in [5, 5.41) is 10.6. The molecule has 80 valence electrons. The van der Waals surface area contributed by atoms with E-state index in [4.69, 9.17) is 10.3 Å². The Morgan fingerprint density at radius 3 is 3.07 bits per heavy atom. The molecule has 0 aliphatic heterocycles. The van der Waals surface area contributed by atoms with Crippen molar-refractivity contribution in [1.29, 1.82) is 0 Å². The van der Waals surface area contributed by atoms with Crippen LogP contribution in [-0.4, -0.2) is 26.9 Å². The number of rotatable bonds is 4. The summed E-state index contributed by atoms with van der Waals surface area (Å²) in [5.74, 6) is 1.25. The summed E-state index contributed by atoms with van der Waals surface area (Å²) in [6.45, 7) is 2.39. The van der Waals surface area contributed by atoms with Crippen molar-refractivity contribution >= 4 is 0 Å². The first-order chi connectivity index (χ1) is 7.29. The molecule has 2 aromatic rings. The first-order valence-electron chi connectivity index (χ1n) is 4.80. The third-order valence-corrected chi connectivity index (χ3v) is 2.11. The maximum absolute atomic E-state index is 5.49. The molecule has 0 radical (unpaired) electrons. The fourth-order valence-electron chi connectivity index (χ4n) is 1.43. The molecule has 0 aliphatic carbocycles. The molecule has 0 aromatic carbocycles. The van der Waals surface area contributed by atoms with Gasteiger partial charge in [0.1, 0.15) is 0 Å². The summed E-state index contributed by atoms with van der Waals surface area (Å²) >= 11 is 0. The van der Waals surface area contributed by atoms with E-state index in [1.54, 1.807) is 13.1 Å². The van der Waals surface area contributed by atoms with E-state index in [0.29, 0.717) is 24.7 Å². The van der Waals surface area contributed by atoms with Crippen LogP contribution < -0.4 is 5.73 Å². The van der Waals surface area contributed by atoms with Gasteiger partial charge in [-0.25, -0.2) is 0 Å². The average Bonchev–Trinajstić information content (AvgIpc) is 2.78. The molecule has 0 aliphatic rings. The molecule has 0 unspecified atom stereocenters. The fraction of sp³-hybridized carbons (Fsp3) is 0.444. The summed E-state index contributed by atoms with van der Waals surface area (Å²) in [6.07, 6.45) is 3.15. The second-order valence-corrected chi connectivity index (χ2v) is 3.32. The zero-order chi connectivity index (χ0) is 10.7. The first kappa shape index (κ1) is 9.85. The summed E-state index contributed by atoms with van der Waals surface area (Å²) < 4.78 is 5.04. The summed E-state index contributed by atoms with van der Waals surface area (Å²) in [6, 6.07) is 0. The molecule has 15 heavy (non-hydrogen) atoms. The van der Waals surface area contributed by atoms with Crippen molar-refractivity contribution in [3.05, 3.63) is 29.2 Å². The van der Waals surface area contributed by atoms with Crippen LogP contribution in [0.1, 0.15) is 23.0 Å². The summed E-state index contributed by atoms with van der Waals surface area (Å²) in [5.41, 5.74) is 7.58. The Kier molecular flexibility index (Phi) is 2.77. The van der Waals surface area contributed by atoms with E-state index in [1.165, 1.54) is 0 Å². The van der Waals surface area contributed by atoms with Gasteiger partial charge >= 0.3 is 0 Å². The van der Waals surface area contributed by atoms with Crippen molar-refractivity contribution in [1.82, 2.24) is 20.3 Å². The maximum Gasteiger partial charge on any atom is 0.231 e. The lowest BCUT2D eigenvalue weighted by atomic mass is 10.1. The number of hydrogen-bond donors (Lipinski definition) is 2. The van der Waals surface area contributed by atoms with Gasteiger partial charge in [-0.2, -0.15) is 10.1 Å².